The Labute approximate surface area is 426 Å². The normalized spacial score (nSPS) is 14.2. The second-order valence-corrected chi connectivity index (χ2v) is 17.3. The summed E-state index contributed by atoms with van der Waals surface area (Å²) in [5.74, 6) is 1.28. The predicted molar refractivity (Wildman–Crippen MR) is 239 cm³/mol. The fourth-order valence-electron chi connectivity index (χ4n) is 6.80. The molecule has 2 aromatic heterocycles. The van der Waals surface area contributed by atoms with E-state index >= 15 is 0 Å². The van der Waals surface area contributed by atoms with Gasteiger partial charge < -0.3 is 49.6 Å². The van der Waals surface area contributed by atoms with E-state index in [-0.39, 0.29) is 105 Å². The van der Waals surface area contributed by atoms with E-state index in [0.29, 0.717) is 64.5 Å². The Balaban J connectivity index is 0.00000360. The van der Waals surface area contributed by atoms with E-state index in [1.54, 1.807) is 0 Å². The van der Waals surface area contributed by atoms with Crippen molar-refractivity contribution >= 4 is 90.8 Å². The van der Waals surface area contributed by atoms with E-state index in [9.17, 15) is 25.9 Å². The molecule has 66 heavy (non-hydrogen) atoms. The fourth-order valence-corrected chi connectivity index (χ4v) is 8.19. The number of benzene rings is 4. The van der Waals surface area contributed by atoms with Gasteiger partial charge in [0.05, 0.1) is 36.2 Å². The van der Waals surface area contributed by atoms with E-state index in [4.69, 9.17) is 9.47 Å². The third-order valence-corrected chi connectivity index (χ3v) is 11.9. The first-order chi connectivity index (χ1) is 30.7. The van der Waals surface area contributed by atoms with Gasteiger partial charge in [-0.05, 0) is 72.5 Å². The van der Waals surface area contributed by atoms with Gasteiger partial charge in [-0.15, -0.1) is 0 Å². The van der Waals surface area contributed by atoms with Crippen LogP contribution < -0.4 is 90.2 Å². The van der Waals surface area contributed by atoms with Crippen LogP contribution in [0.3, 0.4) is 0 Å². The molecule has 24 heteroatoms. The van der Waals surface area contributed by atoms with Crippen LogP contribution in [0.2, 0.25) is 0 Å². The van der Waals surface area contributed by atoms with Gasteiger partial charge in [0.2, 0.25) is 35.7 Å². The number of morpholine rings is 2. The van der Waals surface area contributed by atoms with Gasteiger partial charge in [-0.1, -0.05) is 60.7 Å². The van der Waals surface area contributed by atoms with Gasteiger partial charge >= 0.3 is 59.1 Å². The number of rotatable bonds is 14. The summed E-state index contributed by atoms with van der Waals surface area (Å²) in [4.78, 5) is 30.0. The summed E-state index contributed by atoms with van der Waals surface area (Å²) in [5.41, 5.74) is 3.62. The van der Waals surface area contributed by atoms with E-state index in [0.717, 1.165) is 34.6 Å². The maximum atomic E-state index is 12.7. The third-order valence-electron chi connectivity index (χ3n) is 10.1. The number of hydrogen-bond donors (Lipinski definition) is 4. The van der Waals surface area contributed by atoms with E-state index < -0.39 is 30.0 Å². The van der Waals surface area contributed by atoms with Gasteiger partial charge in [0.15, 0.2) is 0 Å². The molecule has 332 valence electrons. The molecule has 0 atom stereocenters. The SMILES string of the molecule is Cc1ccccc1Nc1nc(Nc2ccc(/C=C/c3ccc(Nc4nc(Nc5ccccc5C)nc(N5CCOCC5)n4)cc3S(=O)(=O)[O-])c(S(=O)(=O)[O-])c2)nc(N2CCOCC2)n1.[Na+].[Na+]. The third kappa shape index (κ3) is 13.0. The molecule has 0 bridgehead atoms. The van der Waals surface area contributed by atoms with Crippen molar-refractivity contribution in [3.8, 4) is 0 Å². The zero-order valence-electron chi connectivity index (χ0n) is 36.6. The fraction of sp³-hybridized carbons (Fsp3) is 0.238. The van der Waals surface area contributed by atoms with Gasteiger partial charge in [-0.2, -0.15) is 29.9 Å². The Bertz CT molecular complexity index is 2750. The summed E-state index contributed by atoms with van der Waals surface area (Å²) in [6.07, 6.45) is 2.47. The van der Waals surface area contributed by atoms with Crippen LogP contribution in [0.1, 0.15) is 22.3 Å². The molecule has 6 aromatic rings. The Morgan fingerprint density at radius 2 is 0.864 bits per heavy atom. The number of aromatic nitrogens is 6. The van der Waals surface area contributed by atoms with Crippen molar-refractivity contribution in [1.29, 1.82) is 0 Å². The molecule has 2 aliphatic heterocycles. The molecule has 8 rings (SSSR count). The first kappa shape index (κ1) is 50.6. The molecule has 0 saturated carbocycles. The summed E-state index contributed by atoms with van der Waals surface area (Å²) in [5, 5.41) is 12.4. The number of para-hydroxylation sites is 2. The second kappa shape index (κ2) is 22.3. The van der Waals surface area contributed by atoms with Crippen molar-refractivity contribution in [3.05, 3.63) is 107 Å². The van der Waals surface area contributed by atoms with Gasteiger partial charge in [0.25, 0.3) is 0 Å². The second-order valence-electron chi connectivity index (χ2n) is 14.6. The molecule has 20 nitrogen and oxygen atoms in total. The van der Waals surface area contributed by atoms with Gasteiger partial charge in [-0.3, -0.25) is 0 Å². The summed E-state index contributed by atoms with van der Waals surface area (Å²) in [7, 11) is -10.2. The van der Waals surface area contributed by atoms with Crippen LogP contribution in [0.15, 0.2) is 94.7 Å². The van der Waals surface area contributed by atoms with Crippen molar-refractivity contribution in [2.75, 3.05) is 83.7 Å². The molecule has 2 saturated heterocycles. The van der Waals surface area contributed by atoms with Gasteiger partial charge in [0, 0.05) is 48.9 Å². The van der Waals surface area contributed by atoms with Crippen molar-refractivity contribution in [2.24, 2.45) is 0 Å². The number of hydrogen-bond acceptors (Lipinski definition) is 20. The quantitative estimate of drug-likeness (QED) is 0.0598. The van der Waals surface area contributed by atoms with Crippen LogP contribution in [0.25, 0.3) is 12.2 Å². The molecule has 0 radical (unpaired) electrons. The maximum absolute atomic E-state index is 12.7. The van der Waals surface area contributed by atoms with E-state index in [2.05, 4.69) is 51.2 Å². The summed E-state index contributed by atoms with van der Waals surface area (Å²) in [6, 6.07) is 23.1. The topological polar surface area (TPSA) is 265 Å². The minimum atomic E-state index is -5.10. The van der Waals surface area contributed by atoms with E-state index in [1.165, 1.54) is 36.4 Å². The Morgan fingerprint density at radius 3 is 1.21 bits per heavy atom. The molecule has 0 unspecified atom stereocenters. The van der Waals surface area contributed by atoms with Crippen LogP contribution in [0.4, 0.5) is 58.4 Å². The number of nitrogens with one attached hydrogen (secondary N) is 4. The van der Waals surface area contributed by atoms with Crippen LogP contribution in [-0.4, -0.2) is 108 Å². The number of ether oxygens (including phenoxy) is 2. The molecule has 0 amide bonds. The average Bonchev–Trinajstić information content (AvgIpc) is 3.27. The standard InChI is InChI=1S/C42H44N12O8S2.2Na/c1-27-7-3-5-9-33(27)45-39-47-37(49-41(51-39)53-17-21-61-22-18-53)43-31-15-13-29(35(25-31)63(55,56)57)11-12-30-14-16-32(26-36(30)64(58,59)60)44-38-48-40(46-34-10-6-4-8-28(34)2)52-42(50-38)54-19-23-62-24-20-54;;/h3-16,25-26H,17-24H2,1-2H3,(H,55,56,57)(H,58,59,60)(H2,43,45,47,49,51)(H2,44,46,48,50,52);;/q;2*+1/p-2/b12-11+;;. The summed E-state index contributed by atoms with van der Waals surface area (Å²) in [6.45, 7) is 7.89. The number of anilines is 10. The van der Waals surface area contributed by atoms with Crippen LogP contribution in [0, 0.1) is 13.8 Å². The smallest absolute Gasteiger partial charge is 0.744 e. The molecule has 0 spiro atoms. The molecule has 4 N–H and O–H groups in total. The maximum Gasteiger partial charge on any atom is 1.00 e. The van der Waals surface area contributed by atoms with Crippen LogP contribution >= 0.6 is 0 Å². The van der Waals surface area contributed by atoms with Crippen LogP contribution in [0.5, 0.6) is 0 Å². The van der Waals surface area contributed by atoms with Gasteiger partial charge in [0.1, 0.15) is 20.2 Å². The largest absolute Gasteiger partial charge is 1.00 e. The monoisotopic (exact) mass is 952 g/mol. The minimum absolute atomic E-state index is 0. The average molecular weight is 953 g/mol. The Hall–Kier alpha value is -4.82. The predicted octanol–water partition coefficient (Wildman–Crippen LogP) is -0.692. The first-order valence-electron chi connectivity index (χ1n) is 20.0. The van der Waals surface area contributed by atoms with Gasteiger partial charge in [-0.25, -0.2) is 16.8 Å². The summed E-state index contributed by atoms with van der Waals surface area (Å²) < 4.78 is 86.9. The number of aryl methyl sites for hydroxylation is 2. The van der Waals surface area contributed by atoms with E-state index in [1.807, 2.05) is 72.2 Å². The van der Waals surface area contributed by atoms with Crippen molar-refractivity contribution in [1.82, 2.24) is 29.9 Å². The molecule has 0 aliphatic carbocycles. The van der Waals surface area contributed by atoms with Crippen LogP contribution in [-0.2, 0) is 29.7 Å². The zero-order valence-corrected chi connectivity index (χ0v) is 42.2. The molecule has 4 aromatic carbocycles. The Morgan fingerprint density at radius 1 is 0.515 bits per heavy atom. The molecule has 2 aliphatic rings. The first-order valence-corrected chi connectivity index (χ1v) is 22.8. The minimum Gasteiger partial charge on any atom is -0.744 e. The molecular weight excluding hydrogens is 911 g/mol. The zero-order chi connectivity index (χ0) is 44.8. The summed E-state index contributed by atoms with van der Waals surface area (Å²) >= 11 is 0. The molecular formula is C42H42N12Na2O8S2. The van der Waals surface area contributed by atoms with Crippen molar-refractivity contribution < 1.29 is 94.5 Å². The molecule has 4 heterocycles. The Kier molecular flexibility index (Phi) is 17.1. The molecule has 2 fully saturated rings. The van der Waals surface area contributed by atoms with Crippen molar-refractivity contribution in [2.45, 2.75) is 23.6 Å². The van der Waals surface area contributed by atoms with Crippen molar-refractivity contribution in [3.63, 3.8) is 0 Å². The number of nitrogens with zero attached hydrogens (tertiary/aromatic N) is 8.